The quantitative estimate of drug-likeness (QED) is 0.792. The van der Waals surface area contributed by atoms with Crippen LogP contribution in [0, 0.1) is 0 Å². The molecule has 100 valence electrons. The second-order valence-corrected chi connectivity index (χ2v) is 4.06. The highest BCUT2D eigenvalue weighted by Crippen LogP contribution is 2.09. The maximum Gasteiger partial charge on any atom is 0.339 e. The number of ether oxygens (including phenoxy) is 1. The lowest BCUT2D eigenvalue weighted by atomic mass is 10.2. The van der Waals surface area contributed by atoms with Crippen molar-refractivity contribution < 1.29 is 14.6 Å². The maximum absolute atomic E-state index is 11.0. The summed E-state index contributed by atoms with van der Waals surface area (Å²) >= 11 is 0. The molecule has 0 saturated heterocycles. The highest BCUT2D eigenvalue weighted by molar-refractivity contribution is 5.88. The van der Waals surface area contributed by atoms with Gasteiger partial charge in [0.25, 0.3) is 0 Å². The molecule has 1 N–H and O–H groups in total. The van der Waals surface area contributed by atoms with E-state index in [2.05, 4.69) is 10.1 Å². The average molecular weight is 261 g/mol. The summed E-state index contributed by atoms with van der Waals surface area (Å²) in [6.45, 7) is 0.715. The molecule has 0 atom stereocenters. The number of rotatable bonds is 6. The first kappa shape index (κ1) is 13.2. The number of carbonyl (C=O) groups is 1. The van der Waals surface area contributed by atoms with Crippen molar-refractivity contribution in [1.82, 2.24) is 14.8 Å². The van der Waals surface area contributed by atoms with Crippen LogP contribution < -0.4 is 0 Å². The number of nitrogens with zero attached hydrogens (tertiary/aromatic N) is 3. The first-order valence-electron chi connectivity index (χ1n) is 5.90. The zero-order valence-corrected chi connectivity index (χ0v) is 10.6. The standard InChI is InChI=1S/C13H15N3O3/c1-16-12(11(8-15-16)13(17)18)9-19-7-5-10-4-2-3-6-14-10/h2-4,6,8H,5,7,9H2,1H3,(H,17,18). The number of hydrogen-bond acceptors (Lipinski definition) is 4. The van der Waals surface area contributed by atoms with Gasteiger partial charge in [-0.05, 0) is 12.1 Å². The zero-order chi connectivity index (χ0) is 13.7. The highest BCUT2D eigenvalue weighted by atomic mass is 16.5. The van der Waals surface area contributed by atoms with Crippen LogP contribution in [-0.4, -0.2) is 32.4 Å². The largest absolute Gasteiger partial charge is 0.478 e. The molecule has 0 unspecified atom stereocenters. The second-order valence-electron chi connectivity index (χ2n) is 4.06. The van der Waals surface area contributed by atoms with Crippen LogP contribution in [0.25, 0.3) is 0 Å². The van der Waals surface area contributed by atoms with Crippen LogP contribution in [-0.2, 0) is 24.8 Å². The van der Waals surface area contributed by atoms with Crippen molar-refractivity contribution in [2.24, 2.45) is 7.05 Å². The van der Waals surface area contributed by atoms with Crippen molar-refractivity contribution in [3.63, 3.8) is 0 Å². The molecule has 0 amide bonds. The van der Waals surface area contributed by atoms with E-state index < -0.39 is 5.97 Å². The Hall–Kier alpha value is -2.21. The monoisotopic (exact) mass is 261 g/mol. The zero-order valence-electron chi connectivity index (χ0n) is 10.6. The van der Waals surface area contributed by atoms with Gasteiger partial charge in [-0.25, -0.2) is 4.79 Å². The van der Waals surface area contributed by atoms with E-state index in [0.29, 0.717) is 18.7 Å². The first-order valence-corrected chi connectivity index (χ1v) is 5.90. The molecule has 0 aromatic carbocycles. The molecule has 0 radical (unpaired) electrons. The van der Waals surface area contributed by atoms with Gasteiger partial charge < -0.3 is 9.84 Å². The summed E-state index contributed by atoms with van der Waals surface area (Å²) in [6.07, 6.45) is 3.76. The Kier molecular flexibility index (Phi) is 4.25. The van der Waals surface area contributed by atoms with Crippen molar-refractivity contribution in [2.75, 3.05) is 6.61 Å². The van der Waals surface area contributed by atoms with Gasteiger partial charge in [0.05, 0.1) is 25.1 Å². The van der Waals surface area contributed by atoms with E-state index in [1.54, 1.807) is 13.2 Å². The van der Waals surface area contributed by atoms with E-state index in [1.807, 2.05) is 18.2 Å². The van der Waals surface area contributed by atoms with Crippen molar-refractivity contribution in [3.05, 3.63) is 47.5 Å². The third kappa shape index (κ3) is 3.38. The number of carboxylic acid groups (broad SMARTS) is 1. The molecule has 2 rings (SSSR count). The van der Waals surface area contributed by atoms with Crippen LogP contribution in [0.15, 0.2) is 30.6 Å². The Morgan fingerprint density at radius 1 is 1.47 bits per heavy atom. The fourth-order valence-electron chi connectivity index (χ4n) is 1.70. The van der Waals surface area contributed by atoms with E-state index >= 15 is 0 Å². The number of pyridine rings is 1. The molecule has 2 aromatic rings. The van der Waals surface area contributed by atoms with Crippen LogP contribution in [0.5, 0.6) is 0 Å². The van der Waals surface area contributed by atoms with Crippen molar-refractivity contribution >= 4 is 5.97 Å². The SMILES string of the molecule is Cn1ncc(C(=O)O)c1COCCc1ccccn1. The molecule has 0 aliphatic carbocycles. The number of aromatic carboxylic acids is 1. The summed E-state index contributed by atoms with van der Waals surface area (Å²) in [5, 5.41) is 12.9. The summed E-state index contributed by atoms with van der Waals surface area (Å²) in [5.74, 6) is -0.989. The minimum Gasteiger partial charge on any atom is -0.478 e. The Bertz CT molecular complexity index is 552. The van der Waals surface area contributed by atoms with Crippen LogP contribution in [0.1, 0.15) is 21.7 Å². The average Bonchev–Trinajstić information content (AvgIpc) is 2.77. The molecule has 0 spiro atoms. The lowest BCUT2D eigenvalue weighted by Crippen LogP contribution is -2.08. The molecule has 2 aromatic heterocycles. The molecule has 6 heteroatoms. The Morgan fingerprint density at radius 2 is 2.32 bits per heavy atom. The Labute approximate surface area is 110 Å². The van der Waals surface area contributed by atoms with Gasteiger partial charge in [-0.2, -0.15) is 5.10 Å². The highest BCUT2D eigenvalue weighted by Gasteiger charge is 2.14. The van der Waals surface area contributed by atoms with Gasteiger partial charge in [-0.3, -0.25) is 9.67 Å². The molecule has 0 bridgehead atoms. The molecule has 0 fully saturated rings. The molecule has 6 nitrogen and oxygen atoms in total. The van der Waals surface area contributed by atoms with E-state index in [-0.39, 0.29) is 12.2 Å². The van der Waals surface area contributed by atoms with Gasteiger partial charge in [0.2, 0.25) is 0 Å². The van der Waals surface area contributed by atoms with Crippen molar-refractivity contribution in [1.29, 1.82) is 0 Å². The fourth-order valence-corrected chi connectivity index (χ4v) is 1.70. The van der Waals surface area contributed by atoms with Gasteiger partial charge >= 0.3 is 5.97 Å². The summed E-state index contributed by atoms with van der Waals surface area (Å²) in [4.78, 5) is 15.2. The Morgan fingerprint density at radius 3 is 3.00 bits per heavy atom. The molecule has 0 saturated carbocycles. The minimum atomic E-state index is -0.989. The van der Waals surface area contributed by atoms with Gasteiger partial charge in [0.1, 0.15) is 5.56 Å². The second kappa shape index (κ2) is 6.10. The minimum absolute atomic E-state index is 0.181. The lowest BCUT2D eigenvalue weighted by Gasteiger charge is -2.05. The third-order valence-corrected chi connectivity index (χ3v) is 2.76. The molecular formula is C13H15N3O3. The number of hydrogen-bond donors (Lipinski definition) is 1. The third-order valence-electron chi connectivity index (χ3n) is 2.76. The van der Waals surface area contributed by atoms with E-state index in [1.165, 1.54) is 10.9 Å². The molecule has 0 aliphatic rings. The van der Waals surface area contributed by atoms with Crippen molar-refractivity contribution in [2.45, 2.75) is 13.0 Å². The number of aryl methyl sites for hydroxylation is 1. The first-order chi connectivity index (χ1) is 9.18. The normalized spacial score (nSPS) is 10.6. The van der Waals surface area contributed by atoms with Crippen LogP contribution in [0.4, 0.5) is 0 Å². The van der Waals surface area contributed by atoms with E-state index in [4.69, 9.17) is 9.84 Å². The van der Waals surface area contributed by atoms with Crippen LogP contribution in [0.3, 0.4) is 0 Å². The summed E-state index contributed by atoms with van der Waals surface area (Å²) in [6, 6.07) is 5.71. The topological polar surface area (TPSA) is 77.2 Å². The molecular weight excluding hydrogens is 246 g/mol. The van der Waals surface area contributed by atoms with E-state index in [9.17, 15) is 4.79 Å². The predicted octanol–water partition coefficient (Wildman–Crippen LogP) is 1.27. The summed E-state index contributed by atoms with van der Waals surface area (Å²) in [5.41, 5.74) is 1.69. The van der Waals surface area contributed by atoms with Crippen molar-refractivity contribution in [3.8, 4) is 0 Å². The maximum atomic E-state index is 11.0. The van der Waals surface area contributed by atoms with Crippen LogP contribution >= 0.6 is 0 Å². The number of aromatic nitrogens is 3. The smallest absolute Gasteiger partial charge is 0.339 e. The summed E-state index contributed by atoms with van der Waals surface area (Å²) in [7, 11) is 1.70. The molecule has 0 aliphatic heterocycles. The van der Waals surface area contributed by atoms with Crippen LogP contribution in [0.2, 0.25) is 0 Å². The predicted molar refractivity (Wildman–Crippen MR) is 67.8 cm³/mol. The Balaban J connectivity index is 1.86. The number of carboxylic acids is 1. The summed E-state index contributed by atoms with van der Waals surface area (Å²) < 4.78 is 7.01. The molecule has 19 heavy (non-hydrogen) atoms. The van der Waals surface area contributed by atoms with Gasteiger partial charge in [0.15, 0.2) is 0 Å². The van der Waals surface area contributed by atoms with Gasteiger partial charge in [-0.1, -0.05) is 6.07 Å². The fraction of sp³-hybridized carbons (Fsp3) is 0.308. The van der Waals surface area contributed by atoms with Gasteiger partial charge in [-0.15, -0.1) is 0 Å². The lowest BCUT2D eigenvalue weighted by molar-refractivity contribution is 0.0686. The molecule has 2 heterocycles. The van der Waals surface area contributed by atoms with Gasteiger partial charge in [0, 0.05) is 25.4 Å². The van der Waals surface area contributed by atoms with E-state index in [0.717, 1.165) is 5.69 Å².